The number of hydrogen-bond donors (Lipinski definition) is 2. The Kier molecular flexibility index (Phi) is 6.97. The highest BCUT2D eigenvalue weighted by Gasteiger charge is 2.32. The number of rotatable bonds is 5. The van der Waals surface area contributed by atoms with Crippen molar-refractivity contribution in [1.29, 1.82) is 0 Å². The average Bonchev–Trinajstić information content (AvgIpc) is 3.22. The minimum atomic E-state index is -4.93. The molecular formula is C26H25ClF3N5O3. The van der Waals surface area contributed by atoms with Gasteiger partial charge in [0.1, 0.15) is 17.3 Å². The van der Waals surface area contributed by atoms with Crippen molar-refractivity contribution >= 4 is 29.1 Å². The van der Waals surface area contributed by atoms with Gasteiger partial charge in [-0.15, -0.1) is 13.2 Å². The van der Waals surface area contributed by atoms with E-state index in [-0.39, 0.29) is 27.9 Å². The van der Waals surface area contributed by atoms with Gasteiger partial charge in [-0.25, -0.2) is 9.78 Å². The van der Waals surface area contributed by atoms with Crippen LogP contribution in [0.1, 0.15) is 0 Å². The number of aromatic hydroxyl groups is 1. The fourth-order valence-corrected chi connectivity index (χ4v) is 4.94. The molecule has 3 heterocycles. The minimum Gasteiger partial charge on any atom is -0.507 e. The Labute approximate surface area is 222 Å². The lowest BCUT2D eigenvalue weighted by molar-refractivity contribution is -0.274. The summed E-state index contributed by atoms with van der Waals surface area (Å²) in [5, 5.41) is 14.8. The zero-order chi connectivity index (χ0) is 27.0. The maximum Gasteiger partial charge on any atom is 0.573 e. The maximum atomic E-state index is 13.2. The Hall–Kier alpha value is -3.70. The molecule has 0 bridgehead atoms. The van der Waals surface area contributed by atoms with Gasteiger partial charge in [0.05, 0.1) is 10.7 Å². The van der Waals surface area contributed by atoms with Crippen molar-refractivity contribution in [1.82, 2.24) is 15.2 Å². The van der Waals surface area contributed by atoms with Gasteiger partial charge >= 0.3 is 12.4 Å². The predicted octanol–water partition coefficient (Wildman–Crippen LogP) is 4.95. The van der Waals surface area contributed by atoms with Crippen LogP contribution in [0, 0.1) is 0 Å². The van der Waals surface area contributed by atoms with Gasteiger partial charge in [0.25, 0.3) is 0 Å². The topological polar surface area (TPSA) is 81.2 Å². The van der Waals surface area contributed by atoms with Gasteiger partial charge in [0, 0.05) is 63.6 Å². The standard InChI is InChI=1S/C26H25ClF3N5O3/c1-33-10-11-35(25(33)37)22-3-2-16(12-21(22)27)19-14-18(38-26(28,29)30)15-20(24(19)36)17-4-5-32-23(13-17)34-8-6-31-7-9-34/h2-5,12-15,31,36H,6-11H2,1H3. The quantitative estimate of drug-likeness (QED) is 0.470. The molecule has 200 valence electrons. The second-order valence-electron chi connectivity index (χ2n) is 9.08. The Bertz CT molecular complexity index is 1360. The number of alkyl halides is 3. The highest BCUT2D eigenvalue weighted by atomic mass is 35.5. The number of amides is 2. The number of piperazine rings is 1. The number of nitrogens with one attached hydrogen (secondary N) is 1. The molecule has 0 atom stereocenters. The summed E-state index contributed by atoms with van der Waals surface area (Å²) in [7, 11) is 1.68. The van der Waals surface area contributed by atoms with E-state index in [2.05, 4.69) is 19.9 Å². The number of carbonyl (C=O) groups is 1. The molecule has 5 rings (SSSR count). The third kappa shape index (κ3) is 5.30. The lowest BCUT2D eigenvalue weighted by Gasteiger charge is -2.28. The van der Waals surface area contributed by atoms with Crippen LogP contribution in [-0.2, 0) is 0 Å². The van der Waals surface area contributed by atoms with E-state index in [0.717, 1.165) is 38.3 Å². The van der Waals surface area contributed by atoms with Crippen LogP contribution in [0.5, 0.6) is 11.5 Å². The van der Waals surface area contributed by atoms with Crippen LogP contribution in [0.3, 0.4) is 0 Å². The second-order valence-corrected chi connectivity index (χ2v) is 9.48. The van der Waals surface area contributed by atoms with Crippen molar-refractivity contribution in [2.45, 2.75) is 6.36 Å². The van der Waals surface area contributed by atoms with Crippen molar-refractivity contribution in [2.24, 2.45) is 0 Å². The zero-order valence-electron chi connectivity index (χ0n) is 20.4. The van der Waals surface area contributed by atoms with Gasteiger partial charge in [-0.2, -0.15) is 0 Å². The number of pyridine rings is 1. The maximum absolute atomic E-state index is 13.2. The van der Waals surface area contributed by atoms with Crippen LogP contribution >= 0.6 is 11.6 Å². The third-order valence-corrected chi connectivity index (χ3v) is 6.88. The number of anilines is 2. The molecule has 1 aromatic heterocycles. The first-order valence-corrected chi connectivity index (χ1v) is 12.4. The summed E-state index contributed by atoms with van der Waals surface area (Å²) >= 11 is 6.51. The Balaban J connectivity index is 1.57. The molecule has 2 aliphatic rings. The molecule has 0 spiro atoms. The molecule has 0 saturated carbocycles. The van der Waals surface area contributed by atoms with E-state index < -0.39 is 12.1 Å². The molecule has 38 heavy (non-hydrogen) atoms. The monoisotopic (exact) mass is 547 g/mol. The molecule has 2 N–H and O–H groups in total. The van der Waals surface area contributed by atoms with E-state index in [9.17, 15) is 23.1 Å². The molecule has 2 amide bonds. The van der Waals surface area contributed by atoms with Crippen LogP contribution in [0.25, 0.3) is 22.3 Å². The summed E-state index contributed by atoms with van der Waals surface area (Å²) in [6.45, 7) is 4.02. The van der Waals surface area contributed by atoms with Crippen molar-refractivity contribution in [2.75, 3.05) is 56.1 Å². The van der Waals surface area contributed by atoms with E-state index >= 15 is 0 Å². The fourth-order valence-electron chi connectivity index (χ4n) is 4.66. The Morgan fingerprint density at radius 3 is 2.29 bits per heavy atom. The molecule has 12 heteroatoms. The summed E-state index contributed by atoms with van der Waals surface area (Å²) < 4.78 is 43.9. The average molecular weight is 548 g/mol. The van der Waals surface area contributed by atoms with Crippen LogP contribution in [0.4, 0.5) is 29.5 Å². The van der Waals surface area contributed by atoms with Crippen LogP contribution in [-0.4, -0.2) is 73.7 Å². The molecule has 0 aliphatic carbocycles. The normalized spacial score (nSPS) is 16.3. The minimum absolute atomic E-state index is 0.0978. The first kappa shape index (κ1) is 25.9. The number of halogens is 4. The van der Waals surface area contributed by atoms with Gasteiger partial charge < -0.3 is 25.0 Å². The SMILES string of the molecule is CN1CCN(c2ccc(-c3cc(OC(F)(F)F)cc(-c4ccnc(N5CCNCC5)c4)c3O)cc2Cl)C1=O. The Morgan fingerprint density at radius 1 is 1.00 bits per heavy atom. The summed E-state index contributed by atoms with van der Waals surface area (Å²) in [6.07, 6.45) is -3.38. The van der Waals surface area contributed by atoms with E-state index in [1.54, 1.807) is 42.4 Å². The number of ether oxygens (including phenoxy) is 1. The first-order chi connectivity index (χ1) is 18.1. The number of nitrogens with zero attached hydrogens (tertiary/aromatic N) is 4. The summed E-state index contributed by atoms with van der Waals surface area (Å²) in [5.74, 6) is -0.0742. The zero-order valence-corrected chi connectivity index (χ0v) is 21.2. The number of likely N-dealkylation sites (N-methyl/N-ethyl adjacent to an activating group) is 1. The van der Waals surface area contributed by atoms with Gasteiger partial charge in [0.15, 0.2) is 0 Å². The van der Waals surface area contributed by atoms with Crippen molar-refractivity contribution in [3.8, 4) is 33.8 Å². The van der Waals surface area contributed by atoms with Crippen LogP contribution in [0.2, 0.25) is 5.02 Å². The van der Waals surface area contributed by atoms with Gasteiger partial charge in [-0.3, -0.25) is 4.90 Å². The van der Waals surface area contributed by atoms with E-state index in [1.807, 2.05) is 0 Å². The molecule has 2 aromatic carbocycles. The molecule has 2 fully saturated rings. The van der Waals surface area contributed by atoms with Crippen LogP contribution in [0.15, 0.2) is 48.7 Å². The summed E-state index contributed by atoms with van der Waals surface area (Å²) in [5.41, 5.74) is 1.56. The lowest BCUT2D eigenvalue weighted by Crippen LogP contribution is -2.43. The number of urea groups is 1. The number of phenols is 1. The second kappa shape index (κ2) is 10.2. The number of carbonyl (C=O) groups excluding carboxylic acids is 1. The molecule has 2 aliphatic heterocycles. The van der Waals surface area contributed by atoms with E-state index in [1.165, 1.54) is 11.0 Å². The van der Waals surface area contributed by atoms with Crippen molar-refractivity contribution in [3.63, 3.8) is 0 Å². The smallest absolute Gasteiger partial charge is 0.507 e. The first-order valence-electron chi connectivity index (χ1n) is 12.0. The molecule has 3 aromatic rings. The number of phenolic OH excluding ortho intramolecular Hbond substituents is 1. The molecule has 2 saturated heterocycles. The van der Waals surface area contributed by atoms with Gasteiger partial charge in [-0.05, 0) is 47.5 Å². The van der Waals surface area contributed by atoms with Crippen molar-refractivity contribution in [3.05, 3.63) is 53.7 Å². The van der Waals surface area contributed by atoms with Crippen LogP contribution < -0.4 is 19.9 Å². The number of benzene rings is 2. The Morgan fingerprint density at radius 2 is 1.68 bits per heavy atom. The largest absolute Gasteiger partial charge is 0.573 e. The van der Waals surface area contributed by atoms with Crippen molar-refractivity contribution < 1.29 is 27.8 Å². The number of hydrogen-bond acceptors (Lipinski definition) is 6. The lowest BCUT2D eigenvalue weighted by atomic mass is 9.96. The predicted molar refractivity (Wildman–Crippen MR) is 139 cm³/mol. The molecule has 8 nitrogen and oxygen atoms in total. The summed E-state index contributed by atoms with van der Waals surface area (Å²) in [4.78, 5) is 22.0. The van der Waals surface area contributed by atoms with Gasteiger partial charge in [-0.1, -0.05) is 17.7 Å². The fraction of sp³-hybridized carbons (Fsp3) is 0.308. The molecule has 0 radical (unpaired) electrons. The highest BCUT2D eigenvalue weighted by molar-refractivity contribution is 6.34. The van der Waals surface area contributed by atoms with Gasteiger partial charge in [0.2, 0.25) is 0 Å². The molecular weight excluding hydrogens is 523 g/mol. The third-order valence-electron chi connectivity index (χ3n) is 6.58. The highest BCUT2D eigenvalue weighted by Crippen LogP contribution is 2.44. The summed E-state index contributed by atoms with van der Waals surface area (Å²) in [6, 6.07) is 10.1. The van der Waals surface area contributed by atoms with E-state index in [4.69, 9.17) is 11.6 Å². The number of aromatic nitrogens is 1. The van der Waals surface area contributed by atoms with E-state index in [0.29, 0.717) is 35.7 Å². The molecule has 0 unspecified atom stereocenters.